The Labute approximate surface area is 77.4 Å². The van der Waals surface area contributed by atoms with Gasteiger partial charge in [0.25, 0.3) is 0 Å². The van der Waals surface area contributed by atoms with Gasteiger partial charge in [-0.3, -0.25) is 4.79 Å². The Morgan fingerprint density at radius 2 is 2.08 bits per heavy atom. The molecular formula is C10H14O3. The van der Waals surface area contributed by atoms with Crippen LogP contribution in [0.15, 0.2) is 11.8 Å². The van der Waals surface area contributed by atoms with Crippen molar-refractivity contribution in [3.8, 4) is 0 Å². The van der Waals surface area contributed by atoms with Gasteiger partial charge in [-0.2, -0.15) is 0 Å². The Hall–Kier alpha value is -1.12. The Bertz CT molecular complexity index is 232. The van der Waals surface area contributed by atoms with Crippen LogP contribution in [-0.2, 0) is 9.59 Å². The van der Waals surface area contributed by atoms with Gasteiger partial charge in [0.05, 0.1) is 6.26 Å². The molecule has 0 unspecified atom stereocenters. The van der Waals surface area contributed by atoms with Crippen LogP contribution in [0.25, 0.3) is 0 Å². The number of hydrogen-bond acceptors (Lipinski definition) is 3. The SMILES string of the molecule is C[C@H]1CC[C@H](/C(C=O)=C/O)[C@H]1C=O. The van der Waals surface area contributed by atoms with Crippen LogP contribution < -0.4 is 0 Å². The van der Waals surface area contributed by atoms with Crippen LogP contribution in [0.3, 0.4) is 0 Å². The van der Waals surface area contributed by atoms with Gasteiger partial charge < -0.3 is 9.90 Å². The number of aliphatic hydroxyl groups is 1. The zero-order valence-corrected chi connectivity index (χ0v) is 7.64. The maximum atomic E-state index is 10.7. The van der Waals surface area contributed by atoms with E-state index in [1.54, 1.807) is 0 Å². The lowest BCUT2D eigenvalue weighted by atomic mass is 9.87. The van der Waals surface area contributed by atoms with Crippen molar-refractivity contribution < 1.29 is 14.7 Å². The van der Waals surface area contributed by atoms with E-state index in [1.165, 1.54) is 0 Å². The third kappa shape index (κ3) is 1.79. The molecule has 1 fully saturated rings. The lowest BCUT2D eigenvalue weighted by Crippen LogP contribution is -2.17. The smallest absolute Gasteiger partial charge is 0.149 e. The van der Waals surface area contributed by atoms with Gasteiger partial charge in [0.2, 0.25) is 0 Å². The average molecular weight is 182 g/mol. The minimum atomic E-state index is -0.108. The van der Waals surface area contributed by atoms with Crippen LogP contribution in [0, 0.1) is 17.8 Å². The quantitative estimate of drug-likeness (QED) is 0.408. The van der Waals surface area contributed by atoms with E-state index in [0.717, 1.165) is 25.4 Å². The van der Waals surface area contributed by atoms with Crippen molar-refractivity contribution in [3.63, 3.8) is 0 Å². The first-order valence-corrected chi connectivity index (χ1v) is 4.49. The number of aldehydes is 2. The zero-order valence-electron chi connectivity index (χ0n) is 7.64. The molecule has 1 N–H and O–H groups in total. The lowest BCUT2D eigenvalue weighted by molar-refractivity contribution is -0.112. The van der Waals surface area contributed by atoms with Crippen molar-refractivity contribution in [1.82, 2.24) is 0 Å². The van der Waals surface area contributed by atoms with Gasteiger partial charge in [0.1, 0.15) is 12.6 Å². The molecule has 0 amide bonds. The monoisotopic (exact) mass is 182 g/mol. The molecule has 72 valence electrons. The van der Waals surface area contributed by atoms with E-state index in [1.807, 2.05) is 6.92 Å². The van der Waals surface area contributed by atoms with Crippen LogP contribution in [0.1, 0.15) is 19.8 Å². The molecule has 3 nitrogen and oxygen atoms in total. The fraction of sp³-hybridized carbons (Fsp3) is 0.600. The Kier molecular flexibility index (Phi) is 3.23. The summed E-state index contributed by atoms with van der Waals surface area (Å²) >= 11 is 0. The van der Waals surface area contributed by atoms with E-state index in [0.29, 0.717) is 17.8 Å². The molecule has 1 aliphatic carbocycles. The Morgan fingerprint density at radius 1 is 1.38 bits per heavy atom. The third-order valence-electron chi connectivity index (χ3n) is 2.93. The van der Waals surface area contributed by atoms with Crippen molar-refractivity contribution in [1.29, 1.82) is 0 Å². The van der Waals surface area contributed by atoms with Crippen molar-refractivity contribution in [3.05, 3.63) is 11.8 Å². The molecular weight excluding hydrogens is 168 g/mol. The lowest BCUT2D eigenvalue weighted by Gasteiger charge is -2.15. The van der Waals surface area contributed by atoms with Gasteiger partial charge in [0, 0.05) is 11.5 Å². The first kappa shape index (κ1) is 9.96. The summed E-state index contributed by atoms with van der Waals surface area (Å²) in [4.78, 5) is 21.3. The maximum Gasteiger partial charge on any atom is 0.149 e. The number of aliphatic hydroxyl groups excluding tert-OH is 1. The van der Waals surface area contributed by atoms with Gasteiger partial charge in [-0.25, -0.2) is 0 Å². The molecule has 0 heterocycles. The van der Waals surface area contributed by atoms with E-state index < -0.39 is 0 Å². The van der Waals surface area contributed by atoms with E-state index >= 15 is 0 Å². The van der Waals surface area contributed by atoms with E-state index in [-0.39, 0.29) is 11.8 Å². The molecule has 0 aliphatic heterocycles. The molecule has 0 radical (unpaired) electrons. The van der Waals surface area contributed by atoms with Gasteiger partial charge in [-0.15, -0.1) is 0 Å². The molecule has 1 saturated carbocycles. The minimum Gasteiger partial charge on any atom is -0.515 e. The first-order valence-electron chi connectivity index (χ1n) is 4.49. The summed E-state index contributed by atoms with van der Waals surface area (Å²) in [7, 11) is 0. The second-order valence-corrected chi connectivity index (χ2v) is 3.62. The fourth-order valence-corrected chi connectivity index (χ4v) is 2.06. The predicted molar refractivity (Wildman–Crippen MR) is 48.2 cm³/mol. The van der Waals surface area contributed by atoms with Crippen LogP contribution in [0.5, 0.6) is 0 Å². The van der Waals surface area contributed by atoms with Crippen molar-refractivity contribution in [2.24, 2.45) is 17.8 Å². The summed E-state index contributed by atoms with van der Waals surface area (Å²) in [5.74, 6) is 0.135. The van der Waals surface area contributed by atoms with Gasteiger partial charge in [-0.1, -0.05) is 6.92 Å². The van der Waals surface area contributed by atoms with Crippen molar-refractivity contribution >= 4 is 12.6 Å². The molecule has 3 atom stereocenters. The highest BCUT2D eigenvalue weighted by Crippen LogP contribution is 2.38. The molecule has 13 heavy (non-hydrogen) atoms. The van der Waals surface area contributed by atoms with Crippen molar-refractivity contribution in [2.75, 3.05) is 0 Å². The molecule has 0 aromatic carbocycles. The molecule has 0 spiro atoms. The van der Waals surface area contributed by atoms with Gasteiger partial charge in [-0.05, 0) is 24.7 Å². The highest BCUT2D eigenvalue weighted by molar-refractivity contribution is 5.75. The maximum absolute atomic E-state index is 10.7. The minimum absolute atomic E-state index is 0.0741. The molecule has 1 aliphatic rings. The van der Waals surface area contributed by atoms with Crippen LogP contribution in [-0.4, -0.2) is 17.7 Å². The summed E-state index contributed by atoms with van der Waals surface area (Å²) in [5, 5.41) is 8.78. The highest BCUT2D eigenvalue weighted by Gasteiger charge is 2.35. The van der Waals surface area contributed by atoms with Crippen molar-refractivity contribution in [2.45, 2.75) is 19.8 Å². The van der Waals surface area contributed by atoms with E-state index in [4.69, 9.17) is 5.11 Å². The molecule has 0 bridgehead atoms. The fourth-order valence-electron chi connectivity index (χ4n) is 2.06. The molecule has 3 heteroatoms. The predicted octanol–water partition coefficient (Wildman–Crippen LogP) is 1.49. The summed E-state index contributed by atoms with van der Waals surface area (Å²) in [6.45, 7) is 2.00. The van der Waals surface area contributed by atoms with Crippen LogP contribution in [0.2, 0.25) is 0 Å². The standard InChI is InChI=1S/C10H14O3/c1-7-2-3-9(10(7)6-13)8(4-11)5-12/h4-7,9-11H,2-3H2,1H3/b8-4+/t7-,9+,10-/m0/s1. The van der Waals surface area contributed by atoms with Gasteiger partial charge >= 0.3 is 0 Å². The number of hydrogen-bond donors (Lipinski definition) is 1. The molecule has 1 rings (SSSR count). The van der Waals surface area contributed by atoms with Crippen LogP contribution in [0.4, 0.5) is 0 Å². The first-order chi connectivity index (χ1) is 6.24. The summed E-state index contributed by atoms with van der Waals surface area (Å²) in [6.07, 6.45) is 4.12. The number of allylic oxidation sites excluding steroid dienone is 1. The number of rotatable bonds is 3. The summed E-state index contributed by atoms with van der Waals surface area (Å²) < 4.78 is 0. The molecule has 0 saturated heterocycles. The Balaban J connectivity index is 2.80. The zero-order chi connectivity index (χ0) is 9.84. The largest absolute Gasteiger partial charge is 0.515 e. The highest BCUT2D eigenvalue weighted by atomic mass is 16.2. The Morgan fingerprint density at radius 3 is 2.54 bits per heavy atom. The summed E-state index contributed by atoms with van der Waals surface area (Å²) in [5.41, 5.74) is 0.349. The van der Waals surface area contributed by atoms with E-state index in [2.05, 4.69) is 0 Å². The van der Waals surface area contributed by atoms with Gasteiger partial charge in [0.15, 0.2) is 0 Å². The topological polar surface area (TPSA) is 54.4 Å². The second-order valence-electron chi connectivity index (χ2n) is 3.62. The third-order valence-corrected chi connectivity index (χ3v) is 2.93. The average Bonchev–Trinajstić information content (AvgIpc) is 2.50. The second kappa shape index (κ2) is 4.21. The molecule has 0 aromatic heterocycles. The number of carbonyl (C=O) groups is 2. The van der Waals surface area contributed by atoms with Crippen LogP contribution >= 0.6 is 0 Å². The normalized spacial score (nSPS) is 34.5. The molecule has 0 aromatic rings. The summed E-state index contributed by atoms with van der Waals surface area (Å²) in [6, 6.07) is 0. The van der Waals surface area contributed by atoms with E-state index in [9.17, 15) is 9.59 Å². The number of carbonyl (C=O) groups excluding carboxylic acids is 2.